The van der Waals surface area contributed by atoms with Crippen LogP contribution >= 0.6 is 0 Å². The largest absolute Gasteiger partial charge is 0.453 e. The number of hydrogen-bond donors (Lipinski definition) is 1. The standard InChI is InChI=1S/C20H22FN5O3/c1-11-5-6-15(9-17(11)21)25-19(28)14(4)29-18(27)8-7-16-12(2)24-20-22-10-23-26(20)13(16)3/h5-6,9-10,14H,7-8H2,1-4H3,(H,25,28)/t14-/m0/s1. The van der Waals surface area contributed by atoms with Gasteiger partial charge in [0, 0.05) is 23.5 Å². The lowest BCUT2D eigenvalue weighted by Gasteiger charge is -2.14. The van der Waals surface area contributed by atoms with Gasteiger partial charge in [0.25, 0.3) is 11.7 Å². The lowest BCUT2D eigenvalue weighted by molar-refractivity contribution is -0.153. The summed E-state index contributed by atoms with van der Waals surface area (Å²) in [5.74, 6) is -0.958. The van der Waals surface area contributed by atoms with Crippen LogP contribution in [-0.4, -0.2) is 37.6 Å². The molecule has 0 aliphatic heterocycles. The molecule has 9 heteroatoms. The molecule has 1 atom stereocenters. The summed E-state index contributed by atoms with van der Waals surface area (Å²) >= 11 is 0. The molecule has 0 saturated carbocycles. The Morgan fingerprint density at radius 1 is 1.28 bits per heavy atom. The summed E-state index contributed by atoms with van der Waals surface area (Å²) < 4.78 is 20.4. The normalized spacial score (nSPS) is 12.0. The maximum absolute atomic E-state index is 13.6. The molecule has 0 radical (unpaired) electrons. The van der Waals surface area contributed by atoms with Gasteiger partial charge in [-0.1, -0.05) is 6.07 Å². The van der Waals surface area contributed by atoms with Gasteiger partial charge in [-0.15, -0.1) is 0 Å². The van der Waals surface area contributed by atoms with Crippen LogP contribution in [0.15, 0.2) is 24.5 Å². The monoisotopic (exact) mass is 399 g/mol. The van der Waals surface area contributed by atoms with Gasteiger partial charge in [0.1, 0.15) is 12.1 Å². The van der Waals surface area contributed by atoms with E-state index in [1.165, 1.54) is 19.3 Å². The van der Waals surface area contributed by atoms with Crippen LogP contribution in [0.2, 0.25) is 0 Å². The molecule has 8 nitrogen and oxygen atoms in total. The molecule has 2 aromatic heterocycles. The molecule has 0 aliphatic carbocycles. The number of amides is 1. The number of fused-ring (bicyclic) bond motifs is 1. The molecule has 0 spiro atoms. The van der Waals surface area contributed by atoms with Gasteiger partial charge in [-0.25, -0.2) is 13.9 Å². The van der Waals surface area contributed by atoms with Gasteiger partial charge in [0.05, 0.1) is 0 Å². The highest BCUT2D eigenvalue weighted by Crippen LogP contribution is 2.16. The molecule has 3 rings (SSSR count). The fraction of sp³-hybridized carbons (Fsp3) is 0.350. The molecule has 3 aromatic rings. The predicted octanol–water partition coefficient (Wildman–Crippen LogP) is 2.69. The predicted molar refractivity (Wildman–Crippen MR) is 104 cm³/mol. The number of carbonyl (C=O) groups excluding carboxylic acids is 2. The molecule has 152 valence electrons. The van der Waals surface area contributed by atoms with E-state index < -0.39 is 23.8 Å². The minimum Gasteiger partial charge on any atom is -0.453 e. The number of esters is 1. The van der Waals surface area contributed by atoms with Crippen LogP contribution in [0.1, 0.15) is 35.9 Å². The summed E-state index contributed by atoms with van der Waals surface area (Å²) in [6.07, 6.45) is 0.898. The van der Waals surface area contributed by atoms with Gasteiger partial charge >= 0.3 is 5.97 Å². The number of anilines is 1. The fourth-order valence-corrected chi connectivity index (χ4v) is 2.97. The molecular formula is C20H22FN5O3. The van der Waals surface area contributed by atoms with Gasteiger partial charge in [-0.2, -0.15) is 10.1 Å². The topological polar surface area (TPSA) is 98.5 Å². The van der Waals surface area contributed by atoms with Crippen LogP contribution in [0.5, 0.6) is 0 Å². The number of rotatable bonds is 6. The summed E-state index contributed by atoms with van der Waals surface area (Å²) in [4.78, 5) is 32.8. The first-order chi connectivity index (χ1) is 13.8. The molecule has 0 fully saturated rings. The minimum atomic E-state index is -1.01. The Balaban J connectivity index is 1.57. The number of nitrogens with one attached hydrogen (secondary N) is 1. The Labute approximate surface area is 167 Å². The van der Waals surface area contributed by atoms with Crippen LogP contribution in [0.4, 0.5) is 10.1 Å². The summed E-state index contributed by atoms with van der Waals surface area (Å²) in [6, 6.07) is 4.37. The van der Waals surface area contributed by atoms with Crippen LogP contribution in [0, 0.1) is 26.6 Å². The average molecular weight is 399 g/mol. The van der Waals surface area contributed by atoms with Crippen molar-refractivity contribution >= 4 is 23.3 Å². The van der Waals surface area contributed by atoms with E-state index in [4.69, 9.17) is 4.74 Å². The Kier molecular flexibility index (Phi) is 5.86. The maximum Gasteiger partial charge on any atom is 0.306 e. The molecule has 2 heterocycles. The van der Waals surface area contributed by atoms with E-state index in [9.17, 15) is 14.0 Å². The quantitative estimate of drug-likeness (QED) is 0.640. The van der Waals surface area contributed by atoms with Gasteiger partial charge in [-0.3, -0.25) is 9.59 Å². The summed E-state index contributed by atoms with van der Waals surface area (Å²) in [5.41, 5.74) is 3.28. The third-order valence-corrected chi connectivity index (χ3v) is 4.68. The van der Waals surface area contributed by atoms with E-state index in [1.807, 2.05) is 13.8 Å². The number of halogens is 1. The number of ether oxygens (including phenoxy) is 1. The second-order valence-corrected chi connectivity index (χ2v) is 6.82. The van der Waals surface area contributed by atoms with Crippen molar-refractivity contribution in [3.8, 4) is 0 Å². The highest BCUT2D eigenvalue weighted by Gasteiger charge is 2.19. The number of benzene rings is 1. The van der Waals surface area contributed by atoms with Crippen LogP contribution in [0.3, 0.4) is 0 Å². The first-order valence-corrected chi connectivity index (χ1v) is 9.18. The first kappa shape index (κ1) is 20.4. The highest BCUT2D eigenvalue weighted by atomic mass is 19.1. The summed E-state index contributed by atoms with van der Waals surface area (Å²) in [5, 5.41) is 6.66. The van der Waals surface area contributed by atoms with Crippen LogP contribution in [-0.2, 0) is 20.7 Å². The zero-order valence-electron chi connectivity index (χ0n) is 16.7. The smallest absolute Gasteiger partial charge is 0.306 e. The number of carbonyl (C=O) groups is 2. The average Bonchev–Trinajstić information content (AvgIpc) is 3.13. The Morgan fingerprint density at radius 3 is 2.76 bits per heavy atom. The van der Waals surface area contributed by atoms with E-state index >= 15 is 0 Å². The number of hydrogen-bond acceptors (Lipinski definition) is 6. The molecular weight excluding hydrogens is 377 g/mol. The summed E-state index contributed by atoms with van der Waals surface area (Å²) in [6.45, 7) is 6.83. The van der Waals surface area contributed by atoms with Crippen molar-refractivity contribution in [1.29, 1.82) is 0 Å². The highest BCUT2D eigenvalue weighted by molar-refractivity contribution is 5.95. The maximum atomic E-state index is 13.6. The zero-order chi connectivity index (χ0) is 21.1. The van der Waals surface area contributed by atoms with Gasteiger partial charge in [0.15, 0.2) is 6.10 Å². The zero-order valence-corrected chi connectivity index (χ0v) is 16.7. The SMILES string of the molecule is Cc1ccc(NC(=O)[C@H](C)OC(=O)CCc2c(C)nc3ncnn3c2C)cc1F. The van der Waals surface area contributed by atoms with Crippen molar-refractivity contribution in [1.82, 2.24) is 19.6 Å². The van der Waals surface area contributed by atoms with E-state index in [1.54, 1.807) is 23.6 Å². The number of aromatic nitrogens is 4. The molecule has 0 aliphatic rings. The van der Waals surface area contributed by atoms with Crippen molar-refractivity contribution in [2.75, 3.05) is 5.32 Å². The number of aryl methyl sites for hydroxylation is 3. The number of nitrogens with zero attached hydrogens (tertiary/aromatic N) is 4. The third kappa shape index (κ3) is 4.56. The second-order valence-electron chi connectivity index (χ2n) is 6.82. The van der Waals surface area contributed by atoms with Crippen molar-refractivity contribution in [3.63, 3.8) is 0 Å². The van der Waals surface area contributed by atoms with Crippen molar-refractivity contribution < 1.29 is 18.7 Å². The van der Waals surface area contributed by atoms with E-state index in [2.05, 4.69) is 20.4 Å². The van der Waals surface area contributed by atoms with Crippen LogP contribution < -0.4 is 5.32 Å². The Hall–Kier alpha value is -3.36. The summed E-state index contributed by atoms with van der Waals surface area (Å²) in [7, 11) is 0. The Morgan fingerprint density at radius 2 is 2.03 bits per heavy atom. The molecule has 0 unspecified atom stereocenters. The molecule has 1 amide bonds. The molecule has 0 bridgehead atoms. The molecule has 1 N–H and O–H groups in total. The third-order valence-electron chi connectivity index (χ3n) is 4.68. The minimum absolute atomic E-state index is 0.0837. The van der Waals surface area contributed by atoms with E-state index in [0.29, 0.717) is 23.4 Å². The van der Waals surface area contributed by atoms with Crippen LogP contribution in [0.25, 0.3) is 5.78 Å². The second kappa shape index (κ2) is 8.34. The van der Waals surface area contributed by atoms with Gasteiger partial charge in [0.2, 0.25) is 0 Å². The Bertz CT molecular complexity index is 1080. The molecule has 1 aromatic carbocycles. The lowest BCUT2D eigenvalue weighted by atomic mass is 10.1. The first-order valence-electron chi connectivity index (χ1n) is 9.18. The fourth-order valence-electron chi connectivity index (χ4n) is 2.97. The molecule has 0 saturated heterocycles. The van der Waals surface area contributed by atoms with Gasteiger partial charge < -0.3 is 10.1 Å². The van der Waals surface area contributed by atoms with E-state index in [0.717, 1.165) is 17.0 Å². The lowest BCUT2D eigenvalue weighted by Crippen LogP contribution is -2.30. The van der Waals surface area contributed by atoms with Crippen molar-refractivity contribution in [2.24, 2.45) is 0 Å². The molecule has 29 heavy (non-hydrogen) atoms. The van der Waals surface area contributed by atoms with E-state index in [-0.39, 0.29) is 6.42 Å². The van der Waals surface area contributed by atoms with Crippen molar-refractivity contribution in [2.45, 2.75) is 46.6 Å². The van der Waals surface area contributed by atoms with Gasteiger partial charge in [-0.05, 0) is 57.4 Å². The van der Waals surface area contributed by atoms with Crippen molar-refractivity contribution in [3.05, 3.63) is 52.9 Å².